The highest BCUT2D eigenvalue weighted by Gasteiger charge is 1.99. The summed E-state index contributed by atoms with van der Waals surface area (Å²) in [4.78, 5) is 10.6. The number of amides is 1. The fourth-order valence-electron chi connectivity index (χ4n) is 0.776. The molecule has 1 rings (SSSR count). The Bertz CT molecular complexity index is 343. The van der Waals surface area contributed by atoms with Gasteiger partial charge in [0, 0.05) is 5.02 Å². The summed E-state index contributed by atoms with van der Waals surface area (Å²) in [6.07, 6.45) is 1.49. The van der Waals surface area contributed by atoms with E-state index in [1.807, 2.05) is 0 Å². The van der Waals surface area contributed by atoms with Gasteiger partial charge in [-0.1, -0.05) is 35.3 Å². The third kappa shape index (κ3) is 3.09. The van der Waals surface area contributed by atoms with E-state index in [9.17, 15) is 4.79 Å². The zero-order valence-corrected chi connectivity index (χ0v) is 8.14. The van der Waals surface area contributed by atoms with E-state index < -0.39 is 5.91 Å². The minimum atomic E-state index is -0.642. The van der Waals surface area contributed by atoms with E-state index >= 15 is 0 Å². The maximum atomic E-state index is 10.6. The molecular weight excluding hydrogens is 209 g/mol. The third-order valence-corrected chi connectivity index (χ3v) is 1.95. The molecule has 0 saturated carbocycles. The first-order valence-electron chi connectivity index (χ1n) is 3.52. The number of hydrogen-bond donors (Lipinski definition) is 1. The molecule has 4 heteroatoms. The maximum Gasteiger partial charge on any atom is 0.260 e. The largest absolute Gasteiger partial charge is 0.365 e. The molecule has 0 aliphatic carbocycles. The molecule has 0 radical (unpaired) electrons. The summed E-state index contributed by atoms with van der Waals surface area (Å²) in [5, 5.41) is 0.634. The van der Waals surface area contributed by atoms with Crippen molar-refractivity contribution in [2.24, 2.45) is 5.73 Å². The molecule has 0 aliphatic heterocycles. The molecule has 68 valence electrons. The van der Waals surface area contributed by atoms with E-state index in [0.717, 1.165) is 5.56 Å². The van der Waals surface area contributed by atoms with E-state index in [2.05, 4.69) is 0 Å². The predicted octanol–water partition coefficient (Wildman–Crippen LogP) is 2.41. The summed E-state index contributed by atoms with van der Waals surface area (Å²) in [5.41, 5.74) is 5.73. The van der Waals surface area contributed by atoms with Crippen molar-refractivity contribution in [1.82, 2.24) is 0 Å². The fraction of sp³-hybridized carbons (Fsp3) is 0. The summed E-state index contributed by atoms with van der Waals surface area (Å²) in [5.74, 6) is -0.642. The van der Waals surface area contributed by atoms with E-state index in [1.54, 1.807) is 24.3 Å². The summed E-state index contributed by atoms with van der Waals surface area (Å²) < 4.78 is 0. The second-order valence-electron chi connectivity index (χ2n) is 2.41. The molecule has 0 bridgehead atoms. The Morgan fingerprint density at radius 2 is 1.85 bits per heavy atom. The maximum absolute atomic E-state index is 10.6. The van der Waals surface area contributed by atoms with E-state index in [4.69, 9.17) is 28.9 Å². The SMILES string of the molecule is NC(=O)/C(Cl)=C/c1ccc(Cl)cc1. The van der Waals surface area contributed by atoms with Gasteiger partial charge in [-0.3, -0.25) is 4.79 Å². The van der Waals surface area contributed by atoms with Crippen molar-refractivity contribution >= 4 is 35.2 Å². The molecule has 0 spiro atoms. The Hall–Kier alpha value is -0.990. The van der Waals surface area contributed by atoms with Gasteiger partial charge in [-0.15, -0.1) is 0 Å². The Kier molecular flexibility index (Phi) is 3.34. The van der Waals surface area contributed by atoms with Crippen LogP contribution in [-0.4, -0.2) is 5.91 Å². The number of hydrogen-bond acceptors (Lipinski definition) is 1. The monoisotopic (exact) mass is 215 g/mol. The fourth-order valence-corrected chi connectivity index (χ4v) is 1.03. The molecule has 2 N–H and O–H groups in total. The van der Waals surface area contributed by atoms with Gasteiger partial charge < -0.3 is 5.73 Å². The second-order valence-corrected chi connectivity index (χ2v) is 3.25. The first kappa shape index (κ1) is 10.1. The first-order chi connectivity index (χ1) is 6.09. The van der Waals surface area contributed by atoms with Gasteiger partial charge in [0.2, 0.25) is 0 Å². The number of rotatable bonds is 2. The molecule has 0 saturated heterocycles. The van der Waals surface area contributed by atoms with Crippen molar-refractivity contribution in [1.29, 1.82) is 0 Å². The molecule has 0 fully saturated rings. The smallest absolute Gasteiger partial charge is 0.260 e. The molecule has 0 atom stereocenters. The Balaban J connectivity index is 2.92. The van der Waals surface area contributed by atoms with Crippen LogP contribution in [0.25, 0.3) is 6.08 Å². The van der Waals surface area contributed by atoms with Crippen LogP contribution in [0.15, 0.2) is 29.3 Å². The molecule has 1 amide bonds. The van der Waals surface area contributed by atoms with Crippen LogP contribution in [0.5, 0.6) is 0 Å². The van der Waals surface area contributed by atoms with Crippen LogP contribution in [0, 0.1) is 0 Å². The number of primary amides is 1. The molecule has 0 aliphatic rings. The lowest BCUT2D eigenvalue weighted by Gasteiger charge is -1.94. The Morgan fingerprint density at radius 1 is 1.31 bits per heavy atom. The standard InChI is InChI=1S/C9H7Cl2NO/c10-7-3-1-6(2-4-7)5-8(11)9(12)13/h1-5H,(H2,12,13)/b8-5-. The third-order valence-electron chi connectivity index (χ3n) is 1.40. The van der Waals surface area contributed by atoms with E-state index in [0.29, 0.717) is 5.02 Å². The van der Waals surface area contributed by atoms with Crippen molar-refractivity contribution < 1.29 is 4.79 Å². The Labute approximate surface area is 85.9 Å². The number of halogens is 2. The van der Waals surface area contributed by atoms with Crippen molar-refractivity contribution in [3.8, 4) is 0 Å². The predicted molar refractivity (Wildman–Crippen MR) is 54.5 cm³/mol. The number of carbonyl (C=O) groups is 1. The molecule has 0 aromatic heterocycles. The van der Waals surface area contributed by atoms with Gasteiger partial charge in [0.25, 0.3) is 5.91 Å². The number of benzene rings is 1. The van der Waals surface area contributed by atoms with E-state index in [-0.39, 0.29) is 5.03 Å². The van der Waals surface area contributed by atoms with Crippen LogP contribution in [0.3, 0.4) is 0 Å². The zero-order chi connectivity index (χ0) is 9.84. The molecule has 1 aromatic carbocycles. The Morgan fingerprint density at radius 3 is 2.31 bits per heavy atom. The van der Waals surface area contributed by atoms with Gasteiger partial charge in [0.15, 0.2) is 0 Å². The van der Waals surface area contributed by atoms with Crippen molar-refractivity contribution in [3.05, 3.63) is 39.9 Å². The van der Waals surface area contributed by atoms with Crippen LogP contribution in [-0.2, 0) is 4.79 Å². The summed E-state index contributed by atoms with van der Waals surface area (Å²) in [6.45, 7) is 0. The second kappa shape index (κ2) is 4.30. The highest BCUT2D eigenvalue weighted by molar-refractivity contribution is 6.43. The van der Waals surface area contributed by atoms with Crippen molar-refractivity contribution in [3.63, 3.8) is 0 Å². The van der Waals surface area contributed by atoms with Gasteiger partial charge in [0.05, 0.1) is 0 Å². The van der Waals surface area contributed by atoms with Crippen LogP contribution < -0.4 is 5.73 Å². The van der Waals surface area contributed by atoms with Crippen LogP contribution in [0.4, 0.5) is 0 Å². The highest BCUT2D eigenvalue weighted by Crippen LogP contribution is 2.13. The molecular formula is C9H7Cl2NO. The average molecular weight is 216 g/mol. The van der Waals surface area contributed by atoms with Gasteiger partial charge in [-0.2, -0.15) is 0 Å². The lowest BCUT2D eigenvalue weighted by atomic mass is 10.2. The van der Waals surface area contributed by atoms with Gasteiger partial charge in [-0.25, -0.2) is 0 Å². The number of nitrogens with two attached hydrogens (primary N) is 1. The normalized spacial score (nSPS) is 11.4. The van der Waals surface area contributed by atoms with Gasteiger partial charge in [-0.05, 0) is 23.8 Å². The zero-order valence-electron chi connectivity index (χ0n) is 6.63. The molecule has 0 heterocycles. The lowest BCUT2D eigenvalue weighted by molar-refractivity contribution is -0.113. The average Bonchev–Trinajstić information content (AvgIpc) is 2.08. The molecule has 2 nitrogen and oxygen atoms in total. The highest BCUT2D eigenvalue weighted by atomic mass is 35.5. The summed E-state index contributed by atoms with van der Waals surface area (Å²) in [6, 6.07) is 6.90. The molecule has 1 aromatic rings. The van der Waals surface area contributed by atoms with Crippen LogP contribution in [0.2, 0.25) is 5.02 Å². The topological polar surface area (TPSA) is 43.1 Å². The minimum Gasteiger partial charge on any atom is -0.365 e. The van der Waals surface area contributed by atoms with Gasteiger partial charge in [0.1, 0.15) is 5.03 Å². The first-order valence-corrected chi connectivity index (χ1v) is 4.28. The van der Waals surface area contributed by atoms with Crippen molar-refractivity contribution in [2.45, 2.75) is 0 Å². The lowest BCUT2D eigenvalue weighted by Crippen LogP contribution is -2.09. The quantitative estimate of drug-likeness (QED) is 0.757. The summed E-state index contributed by atoms with van der Waals surface area (Å²) >= 11 is 11.2. The summed E-state index contributed by atoms with van der Waals surface area (Å²) in [7, 11) is 0. The molecule has 13 heavy (non-hydrogen) atoms. The van der Waals surface area contributed by atoms with Crippen LogP contribution >= 0.6 is 23.2 Å². The number of carbonyl (C=O) groups excluding carboxylic acids is 1. The van der Waals surface area contributed by atoms with E-state index in [1.165, 1.54) is 6.08 Å². The van der Waals surface area contributed by atoms with Gasteiger partial charge >= 0.3 is 0 Å². The van der Waals surface area contributed by atoms with Crippen LogP contribution in [0.1, 0.15) is 5.56 Å². The molecule has 0 unspecified atom stereocenters. The minimum absolute atomic E-state index is 0.00215. The van der Waals surface area contributed by atoms with Crippen molar-refractivity contribution in [2.75, 3.05) is 0 Å².